The minimum absolute atomic E-state index is 0.161. The van der Waals surface area contributed by atoms with E-state index in [1.165, 1.54) is 6.42 Å². The lowest BCUT2D eigenvalue weighted by atomic mass is 10.0. The maximum Gasteiger partial charge on any atom is 0.410 e. The SMILES string of the molecule is CC(NC1C2CN(C(=O)OC(C)(C)C)CC21)C1CCOC1. The van der Waals surface area contributed by atoms with E-state index in [9.17, 15) is 4.79 Å². The fraction of sp³-hybridized carbons (Fsp3) is 0.938. The number of nitrogens with zero attached hydrogens (tertiary/aromatic N) is 1. The predicted molar refractivity (Wildman–Crippen MR) is 80.1 cm³/mol. The Morgan fingerprint density at radius 3 is 2.52 bits per heavy atom. The number of piperidine rings is 1. The number of carbonyl (C=O) groups is 1. The summed E-state index contributed by atoms with van der Waals surface area (Å²) in [6, 6.07) is 1.09. The summed E-state index contributed by atoms with van der Waals surface area (Å²) < 4.78 is 10.9. The fourth-order valence-corrected chi connectivity index (χ4v) is 3.64. The van der Waals surface area contributed by atoms with Crippen LogP contribution in [0.3, 0.4) is 0 Å². The quantitative estimate of drug-likeness (QED) is 0.864. The Bertz CT molecular complexity index is 389. The molecule has 5 nitrogen and oxygen atoms in total. The number of ether oxygens (including phenoxy) is 2. The van der Waals surface area contributed by atoms with Crippen LogP contribution >= 0.6 is 0 Å². The van der Waals surface area contributed by atoms with Crippen molar-refractivity contribution in [2.75, 3.05) is 26.3 Å². The number of fused-ring (bicyclic) bond motifs is 1. The Morgan fingerprint density at radius 1 is 1.33 bits per heavy atom. The molecule has 0 radical (unpaired) electrons. The molecule has 2 saturated heterocycles. The van der Waals surface area contributed by atoms with Gasteiger partial charge in [-0.2, -0.15) is 0 Å². The van der Waals surface area contributed by atoms with Crippen molar-refractivity contribution in [2.45, 2.75) is 51.8 Å². The third-order valence-corrected chi connectivity index (χ3v) is 4.97. The highest BCUT2D eigenvalue weighted by atomic mass is 16.6. The second-order valence-corrected chi connectivity index (χ2v) is 7.82. The molecule has 2 aliphatic heterocycles. The molecule has 3 aliphatic rings. The summed E-state index contributed by atoms with van der Waals surface area (Å²) in [5.41, 5.74) is -0.404. The predicted octanol–water partition coefficient (Wildman–Crippen LogP) is 1.87. The van der Waals surface area contributed by atoms with E-state index in [2.05, 4.69) is 12.2 Å². The lowest BCUT2D eigenvalue weighted by Crippen LogP contribution is -2.42. The van der Waals surface area contributed by atoms with Crippen LogP contribution in [-0.2, 0) is 9.47 Å². The Kier molecular flexibility index (Phi) is 3.91. The summed E-state index contributed by atoms with van der Waals surface area (Å²) in [4.78, 5) is 13.9. The maximum atomic E-state index is 12.0. The first-order chi connectivity index (χ1) is 9.85. The molecule has 21 heavy (non-hydrogen) atoms. The second-order valence-electron chi connectivity index (χ2n) is 7.82. The summed E-state index contributed by atoms with van der Waals surface area (Å²) in [5, 5.41) is 3.75. The summed E-state index contributed by atoms with van der Waals surface area (Å²) in [6.45, 7) is 11.5. The minimum atomic E-state index is -0.404. The van der Waals surface area contributed by atoms with Crippen molar-refractivity contribution >= 4 is 6.09 Å². The van der Waals surface area contributed by atoms with Crippen LogP contribution in [-0.4, -0.2) is 55.0 Å². The molecule has 0 aromatic heterocycles. The van der Waals surface area contributed by atoms with Crippen LogP contribution in [0.4, 0.5) is 4.79 Å². The zero-order valence-electron chi connectivity index (χ0n) is 13.6. The molecule has 3 rings (SSSR count). The zero-order chi connectivity index (χ0) is 15.2. The van der Waals surface area contributed by atoms with E-state index < -0.39 is 5.60 Å². The van der Waals surface area contributed by atoms with Crippen molar-refractivity contribution in [3.63, 3.8) is 0 Å². The number of likely N-dealkylation sites (tertiary alicyclic amines) is 1. The topological polar surface area (TPSA) is 50.8 Å². The first kappa shape index (κ1) is 15.1. The van der Waals surface area contributed by atoms with Gasteiger partial charge in [0, 0.05) is 31.8 Å². The van der Waals surface area contributed by atoms with E-state index in [4.69, 9.17) is 9.47 Å². The Labute approximate surface area is 127 Å². The number of nitrogens with one attached hydrogen (secondary N) is 1. The van der Waals surface area contributed by atoms with Gasteiger partial charge in [-0.15, -0.1) is 0 Å². The van der Waals surface area contributed by atoms with Gasteiger partial charge in [-0.25, -0.2) is 4.79 Å². The average molecular weight is 296 g/mol. The summed E-state index contributed by atoms with van der Waals surface area (Å²) in [5.74, 6) is 1.87. The summed E-state index contributed by atoms with van der Waals surface area (Å²) in [7, 11) is 0. The van der Waals surface area contributed by atoms with Gasteiger partial charge in [0.2, 0.25) is 0 Å². The first-order valence-corrected chi connectivity index (χ1v) is 8.17. The molecule has 1 saturated carbocycles. The molecule has 1 amide bonds. The van der Waals surface area contributed by atoms with Crippen molar-refractivity contribution in [2.24, 2.45) is 17.8 Å². The summed E-state index contributed by atoms with van der Waals surface area (Å²) in [6.07, 6.45) is 1.01. The molecule has 1 aliphatic carbocycles. The molecule has 1 N–H and O–H groups in total. The second kappa shape index (κ2) is 5.43. The largest absolute Gasteiger partial charge is 0.444 e. The molecule has 0 spiro atoms. The van der Waals surface area contributed by atoms with E-state index in [0.717, 1.165) is 26.3 Å². The molecule has 0 bridgehead atoms. The van der Waals surface area contributed by atoms with E-state index in [1.807, 2.05) is 25.7 Å². The van der Waals surface area contributed by atoms with Crippen LogP contribution in [0.25, 0.3) is 0 Å². The van der Waals surface area contributed by atoms with Crippen molar-refractivity contribution in [1.29, 1.82) is 0 Å². The monoisotopic (exact) mass is 296 g/mol. The molecule has 0 aromatic carbocycles. The Balaban J connectivity index is 1.42. The first-order valence-electron chi connectivity index (χ1n) is 8.17. The Morgan fingerprint density at radius 2 is 2.00 bits per heavy atom. The standard InChI is InChI=1S/C16H28N2O3/c1-10(11-5-6-20-9-11)17-14-12-7-18(8-13(12)14)15(19)21-16(2,3)4/h10-14,17H,5-9H2,1-4H3. The number of amides is 1. The normalized spacial score (nSPS) is 36.5. The number of hydrogen-bond donors (Lipinski definition) is 1. The van der Waals surface area contributed by atoms with E-state index >= 15 is 0 Å². The molecule has 4 atom stereocenters. The number of rotatable bonds is 3. The Hall–Kier alpha value is -0.810. The molecular formula is C16H28N2O3. The highest BCUT2D eigenvalue weighted by Crippen LogP contribution is 2.46. The minimum Gasteiger partial charge on any atom is -0.444 e. The lowest BCUT2D eigenvalue weighted by molar-refractivity contribution is 0.0268. The van der Waals surface area contributed by atoms with Gasteiger partial charge < -0.3 is 19.7 Å². The van der Waals surface area contributed by atoms with E-state index in [1.54, 1.807) is 0 Å². The molecule has 4 unspecified atom stereocenters. The fourth-order valence-electron chi connectivity index (χ4n) is 3.64. The van der Waals surface area contributed by atoms with E-state index in [0.29, 0.717) is 29.8 Å². The van der Waals surface area contributed by atoms with Crippen molar-refractivity contribution in [3.8, 4) is 0 Å². The highest BCUT2D eigenvalue weighted by Gasteiger charge is 2.57. The molecule has 3 fully saturated rings. The number of hydrogen-bond acceptors (Lipinski definition) is 4. The highest BCUT2D eigenvalue weighted by molar-refractivity contribution is 5.69. The van der Waals surface area contributed by atoms with Crippen LogP contribution in [0.5, 0.6) is 0 Å². The van der Waals surface area contributed by atoms with Gasteiger partial charge in [0.25, 0.3) is 0 Å². The lowest BCUT2D eigenvalue weighted by Gasteiger charge is -2.27. The average Bonchev–Trinajstić information content (AvgIpc) is 2.87. The molecular weight excluding hydrogens is 268 g/mol. The maximum absolute atomic E-state index is 12.0. The van der Waals surface area contributed by atoms with Crippen molar-refractivity contribution in [1.82, 2.24) is 10.2 Å². The van der Waals surface area contributed by atoms with Crippen LogP contribution in [0.2, 0.25) is 0 Å². The third-order valence-electron chi connectivity index (χ3n) is 4.97. The van der Waals surface area contributed by atoms with Gasteiger partial charge in [0.05, 0.1) is 6.61 Å². The summed E-state index contributed by atoms with van der Waals surface area (Å²) >= 11 is 0. The molecule has 120 valence electrons. The van der Waals surface area contributed by atoms with Gasteiger partial charge in [0.15, 0.2) is 0 Å². The molecule has 5 heteroatoms. The van der Waals surface area contributed by atoms with Gasteiger partial charge in [-0.1, -0.05) is 0 Å². The third kappa shape index (κ3) is 3.34. The number of carbonyl (C=O) groups excluding carboxylic acids is 1. The van der Waals surface area contributed by atoms with E-state index in [-0.39, 0.29) is 6.09 Å². The van der Waals surface area contributed by atoms with Gasteiger partial charge in [-0.05, 0) is 51.9 Å². The van der Waals surface area contributed by atoms with Crippen LogP contribution in [0.15, 0.2) is 0 Å². The smallest absolute Gasteiger partial charge is 0.410 e. The van der Waals surface area contributed by atoms with Crippen LogP contribution in [0.1, 0.15) is 34.1 Å². The van der Waals surface area contributed by atoms with Crippen molar-refractivity contribution in [3.05, 3.63) is 0 Å². The molecule has 0 aromatic rings. The van der Waals surface area contributed by atoms with Gasteiger partial charge in [-0.3, -0.25) is 0 Å². The molecule has 2 heterocycles. The van der Waals surface area contributed by atoms with Crippen LogP contribution in [0, 0.1) is 17.8 Å². The zero-order valence-corrected chi connectivity index (χ0v) is 13.6. The van der Waals surface area contributed by atoms with Gasteiger partial charge >= 0.3 is 6.09 Å². The van der Waals surface area contributed by atoms with Crippen LogP contribution < -0.4 is 5.32 Å². The van der Waals surface area contributed by atoms with Gasteiger partial charge in [0.1, 0.15) is 5.60 Å². The van der Waals surface area contributed by atoms with Crippen molar-refractivity contribution < 1.29 is 14.3 Å².